The Hall–Kier alpha value is -4.33. The number of imidazole rings is 1. The number of ether oxygens (including phenoxy) is 1. The Morgan fingerprint density at radius 2 is 1.94 bits per heavy atom. The Bertz CT molecular complexity index is 1500. The summed E-state index contributed by atoms with van der Waals surface area (Å²) in [6.07, 6.45) is 2.10. The standard InChI is InChI=1S/C26H26N6O2/c1-27-26-23-24(32(2)15-29-23)20-13-21(30-25(20)31-26)18-8-4-7-17(10-18)14-28-22(33)12-16-6-5-9-19(11-16)34-3/h4-11,13,15H,12,14H2,1-3H3,(H,28,33)(H2,27,30,31). The van der Waals surface area contributed by atoms with Gasteiger partial charge >= 0.3 is 0 Å². The van der Waals surface area contributed by atoms with Crippen LogP contribution >= 0.6 is 0 Å². The molecule has 0 saturated heterocycles. The van der Waals surface area contributed by atoms with Crippen LogP contribution in [0.2, 0.25) is 0 Å². The molecule has 3 aromatic heterocycles. The van der Waals surface area contributed by atoms with E-state index in [1.54, 1.807) is 13.4 Å². The van der Waals surface area contributed by atoms with Gasteiger partial charge in [0.25, 0.3) is 0 Å². The molecule has 8 heteroatoms. The van der Waals surface area contributed by atoms with E-state index in [9.17, 15) is 4.79 Å². The number of nitrogens with one attached hydrogen (secondary N) is 3. The molecule has 1 amide bonds. The third-order valence-corrected chi connectivity index (χ3v) is 5.90. The van der Waals surface area contributed by atoms with Gasteiger partial charge in [0.2, 0.25) is 5.91 Å². The quantitative estimate of drug-likeness (QED) is 0.345. The summed E-state index contributed by atoms with van der Waals surface area (Å²) in [5.74, 6) is 1.45. The summed E-state index contributed by atoms with van der Waals surface area (Å²) in [7, 11) is 5.45. The topological polar surface area (TPSA) is 96.9 Å². The Labute approximate surface area is 197 Å². The molecule has 3 N–H and O–H groups in total. The summed E-state index contributed by atoms with van der Waals surface area (Å²) < 4.78 is 7.24. The molecule has 34 heavy (non-hydrogen) atoms. The van der Waals surface area contributed by atoms with E-state index in [4.69, 9.17) is 9.72 Å². The van der Waals surface area contributed by atoms with Crippen LogP contribution in [0, 0.1) is 0 Å². The monoisotopic (exact) mass is 454 g/mol. The number of aryl methyl sites for hydroxylation is 1. The minimum Gasteiger partial charge on any atom is -0.497 e. The number of rotatable bonds is 7. The van der Waals surface area contributed by atoms with Crippen molar-refractivity contribution in [1.82, 2.24) is 24.8 Å². The molecule has 8 nitrogen and oxygen atoms in total. The molecule has 0 aliphatic heterocycles. The summed E-state index contributed by atoms with van der Waals surface area (Å²) in [6.45, 7) is 0.449. The molecule has 0 spiro atoms. The van der Waals surface area contributed by atoms with Gasteiger partial charge in [-0.1, -0.05) is 30.3 Å². The van der Waals surface area contributed by atoms with Crippen LogP contribution in [0.1, 0.15) is 11.1 Å². The zero-order chi connectivity index (χ0) is 23.7. The van der Waals surface area contributed by atoms with Gasteiger partial charge in [-0.3, -0.25) is 4.79 Å². The molecule has 0 atom stereocenters. The molecule has 3 heterocycles. The smallest absolute Gasteiger partial charge is 0.224 e. The third-order valence-electron chi connectivity index (χ3n) is 5.90. The first-order chi connectivity index (χ1) is 16.6. The minimum atomic E-state index is -0.0355. The van der Waals surface area contributed by atoms with Gasteiger partial charge in [-0.05, 0) is 41.0 Å². The fourth-order valence-corrected chi connectivity index (χ4v) is 4.21. The van der Waals surface area contributed by atoms with Crippen LogP contribution in [0.25, 0.3) is 33.3 Å². The number of aromatic nitrogens is 4. The van der Waals surface area contributed by atoms with E-state index in [-0.39, 0.29) is 5.91 Å². The number of methoxy groups -OCH3 is 1. The number of benzene rings is 2. The third kappa shape index (κ3) is 4.05. The summed E-state index contributed by atoms with van der Waals surface area (Å²) in [6, 6.07) is 17.8. The van der Waals surface area contributed by atoms with E-state index in [1.807, 2.05) is 61.1 Å². The fraction of sp³-hybridized carbons (Fsp3) is 0.192. The molecular weight excluding hydrogens is 428 g/mol. The number of pyridine rings is 1. The van der Waals surface area contributed by atoms with Crippen LogP contribution in [-0.2, 0) is 24.8 Å². The van der Waals surface area contributed by atoms with Crippen LogP contribution in [0.3, 0.4) is 0 Å². The molecule has 0 fully saturated rings. The SMILES string of the molecule is CNc1nc2[nH]c(-c3cccc(CNC(=O)Cc4cccc(OC)c4)c3)cc2c2c1ncn2C. The molecule has 0 radical (unpaired) electrons. The van der Waals surface area contributed by atoms with E-state index in [0.717, 1.165) is 56.0 Å². The second-order valence-corrected chi connectivity index (χ2v) is 8.21. The fourth-order valence-electron chi connectivity index (χ4n) is 4.21. The Kier molecular flexibility index (Phi) is 5.63. The first-order valence-corrected chi connectivity index (χ1v) is 11.1. The maximum Gasteiger partial charge on any atom is 0.224 e. The minimum absolute atomic E-state index is 0.0355. The number of hydrogen-bond donors (Lipinski definition) is 3. The van der Waals surface area contributed by atoms with Crippen LogP contribution in [0.15, 0.2) is 60.9 Å². The van der Waals surface area contributed by atoms with Gasteiger partial charge in [0.15, 0.2) is 5.82 Å². The van der Waals surface area contributed by atoms with E-state index in [2.05, 4.69) is 32.7 Å². The average Bonchev–Trinajstić information content (AvgIpc) is 3.46. The Balaban J connectivity index is 1.36. The maximum atomic E-state index is 12.5. The molecule has 0 unspecified atom stereocenters. The number of fused-ring (bicyclic) bond motifs is 3. The highest BCUT2D eigenvalue weighted by Gasteiger charge is 2.15. The van der Waals surface area contributed by atoms with Gasteiger partial charge < -0.3 is 24.9 Å². The summed E-state index contributed by atoms with van der Waals surface area (Å²) >= 11 is 0. The van der Waals surface area contributed by atoms with Gasteiger partial charge in [0.1, 0.15) is 16.9 Å². The first-order valence-electron chi connectivity index (χ1n) is 11.1. The van der Waals surface area contributed by atoms with Crippen LogP contribution in [0.4, 0.5) is 5.82 Å². The molecule has 0 saturated carbocycles. The first kappa shape index (κ1) is 21.5. The average molecular weight is 455 g/mol. The maximum absolute atomic E-state index is 12.5. The van der Waals surface area contributed by atoms with E-state index in [1.165, 1.54) is 0 Å². The second kappa shape index (κ2) is 8.90. The lowest BCUT2D eigenvalue weighted by Gasteiger charge is -2.08. The molecule has 0 aliphatic carbocycles. The Morgan fingerprint density at radius 3 is 2.76 bits per heavy atom. The lowest BCUT2D eigenvalue weighted by atomic mass is 10.1. The predicted octanol–water partition coefficient (Wildman–Crippen LogP) is 4.03. The van der Waals surface area contributed by atoms with Crippen molar-refractivity contribution in [1.29, 1.82) is 0 Å². The summed E-state index contributed by atoms with van der Waals surface area (Å²) in [4.78, 5) is 25.1. The largest absolute Gasteiger partial charge is 0.497 e. The van der Waals surface area contributed by atoms with Crippen molar-refractivity contribution in [3.05, 3.63) is 72.1 Å². The van der Waals surface area contributed by atoms with Crippen molar-refractivity contribution >= 4 is 33.8 Å². The van der Waals surface area contributed by atoms with Crippen LogP contribution < -0.4 is 15.4 Å². The number of carbonyl (C=O) groups excluding carboxylic acids is 1. The van der Waals surface area contributed by atoms with Gasteiger partial charge in [0, 0.05) is 31.7 Å². The molecule has 0 aliphatic rings. The molecule has 0 bridgehead atoms. The number of amides is 1. The highest BCUT2D eigenvalue weighted by atomic mass is 16.5. The predicted molar refractivity (Wildman–Crippen MR) is 134 cm³/mol. The highest BCUT2D eigenvalue weighted by molar-refractivity contribution is 6.07. The number of H-pyrrole nitrogens is 1. The lowest BCUT2D eigenvalue weighted by molar-refractivity contribution is -0.120. The molecule has 5 rings (SSSR count). The molecule has 2 aromatic carbocycles. The van der Waals surface area contributed by atoms with Gasteiger partial charge in [-0.2, -0.15) is 0 Å². The molecule has 172 valence electrons. The zero-order valence-electron chi connectivity index (χ0n) is 19.3. The normalized spacial score (nSPS) is 11.1. The number of carbonyl (C=O) groups is 1. The van der Waals surface area contributed by atoms with Crippen molar-refractivity contribution in [2.24, 2.45) is 7.05 Å². The van der Waals surface area contributed by atoms with Crippen LogP contribution in [0.5, 0.6) is 5.75 Å². The van der Waals surface area contributed by atoms with Gasteiger partial charge in [0.05, 0.1) is 25.4 Å². The van der Waals surface area contributed by atoms with Gasteiger partial charge in [-0.15, -0.1) is 0 Å². The lowest BCUT2D eigenvalue weighted by Crippen LogP contribution is -2.24. The Morgan fingerprint density at radius 1 is 1.12 bits per heavy atom. The number of anilines is 1. The second-order valence-electron chi connectivity index (χ2n) is 8.21. The zero-order valence-corrected chi connectivity index (χ0v) is 19.3. The molecular formula is C26H26N6O2. The highest BCUT2D eigenvalue weighted by Crippen LogP contribution is 2.31. The van der Waals surface area contributed by atoms with E-state index in [0.29, 0.717) is 13.0 Å². The number of aromatic amines is 1. The van der Waals surface area contributed by atoms with Crippen molar-refractivity contribution in [3.63, 3.8) is 0 Å². The molecule has 5 aromatic rings. The van der Waals surface area contributed by atoms with Crippen molar-refractivity contribution < 1.29 is 9.53 Å². The summed E-state index contributed by atoms with van der Waals surface area (Å²) in [5, 5.41) is 7.16. The number of hydrogen-bond acceptors (Lipinski definition) is 5. The number of nitrogens with zero attached hydrogens (tertiary/aromatic N) is 3. The van der Waals surface area contributed by atoms with Crippen molar-refractivity contribution in [2.45, 2.75) is 13.0 Å². The van der Waals surface area contributed by atoms with Crippen LogP contribution in [-0.4, -0.2) is 39.6 Å². The van der Waals surface area contributed by atoms with E-state index < -0.39 is 0 Å². The van der Waals surface area contributed by atoms with Gasteiger partial charge in [-0.25, -0.2) is 9.97 Å². The van der Waals surface area contributed by atoms with Crippen molar-refractivity contribution in [3.8, 4) is 17.0 Å². The summed E-state index contributed by atoms with van der Waals surface area (Å²) in [5.41, 5.74) is 6.59. The van der Waals surface area contributed by atoms with Crippen molar-refractivity contribution in [2.75, 3.05) is 19.5 Å². The van der Waals surface area contributed by atoms with E-state index >= 15 is 0 Å².